The van der Waals surface area contributed by atoms with Gasteiger partial charge >= 0.3 is 48.9 Å². The monoisotopic (exact) mass is 676 g/mol. The molecule has 0 aliphatic heterocycles. The third kappa shape index (κ3) is 33.4. The largest absolute Gasteiger partial charge is 2.00 e. The molecule has 0 bridgehead atoms. The van der Waals surface area contributed by atoms with Gasteiger partial charge in [0.15, 0.2) is 0 Å². The molecule has 0 amide bonds. The van der Waals surface area contributed by atoms with Crippen LogP contribution in [-0.4, -0.2) is 73.6 Å². The van der Waals surface area contributed by atoms with E-state index in [1.807, 2.05) is 0 Å². The van der Waals surface area contributed by atoms with Crippen molar-refractivity contribution in [1.29, 1.82) is 0 Å². The van der Waals surface area contributed by atoms with Crippen LogP contribution in [0.4, 0.5) is 0 Å². The molecule has 0 saturated heterocycles. The summed E-state index contributed by atoms with van der Waals surface area (Å²) >= 11 is 12.5. The Morgan fingerprint density at radius 3 is 1.16 bits per heavy atom. The summed E-state index contributed by atoms with van der Waals surface area (Å²) in [5.74, 6) is 1.73. The first kappa shape index (κ1) is 38.9. The minimum Gasteiger partial charge on any atom is -0.793 e. The van der Waals surface area contributed by atoms with Crippen molar-refractivity contribution in [2.24, 2.45) is 0 Å². The Hall–Kier alpha value is 3.41. The van der Waals surface area contributed by atoms with Gasteiger partial charge < -0.3 is 18.8 Å². The molecule has 0 N–H and O–H groups in total. The Bertz CT molecular complexity index is 391. The van der Waals surface area contributed by atoms with Crippen LogP contribution in [0.5, 0.6) is 0 Å². The molecule has 2 unspecified atom stereocenters. The molecule has 0 aromatic heterocycles. The molecular weight excluding hydrogens is 632 g/mol. The van der Waals surface area contributed by atoms with Crippen molar-refractivity contribution >= 4 is 107 Å². The first-order valence-corrected chi connectivity index (χ1v) is 19.9. The van der Waals surface area contributed by atoms with Crippen LogP contribution in [0.15, 0.2) is 0 Å². The SMILES string of the molecule is CCCCCOP([O-])(=S)SCCCCC.CCCCCOP([O-])(=S)SCCCCC.[Ba+2]. The van der Waals surface area contributed by atoms with Crippen molar-refractivity contribution in [2.45, 2.75) is 105 Å². The molecule has 31 heavy (non-hydrogen) atoms. The topological polar surface area (TPSA) is 64.6 Å². The quantitative estimate of drug-likeness (QED) is 0.0775. The molecule has 0 saturated carbocycles. The zero-order valence-corrected chi connectivity index (χ0v) is 29.7. The Morgan fingerprint density at radius 2 is 0.871 bits per heavy atom. The standard InChI is InChI=1S/2C10H23O2PS2.Ba/c2*1-3-5-7-9-12-13(11,14)15-10-8-6-4-2;/h2*3-10H2,1-2H3,(H,11,14);/q;;+2/p-2. The van der Waals surface area contributed by atoms with Gasteiger partial charge in [0.1, 0.15) is 0 Å². The van der Waals surface area contributed by atoms with E-state index in [1.165, 1.54) is 48.4 Å². The molecule has 0 spiro atoms. The average Bonchev–Trinajstić information content (AvgIpc) is 2.70. The second kappa shape index (κ2) is 28.0. The molecule has 184 valence electrons. The van der Waals surface area contributed by atoms with E-state index in [9.17, 15) is 9.79 Å². The zero-order valence-electron chi connectivity index (χ0n) is 20.2. The van der Waals surface area contributed by atoms with E-state index in [-0.39, 0.29) is 48.9 Å². The normalized spacial score (nSPS) is 14.6. The fraction of sp³-hybridized carbons (Fsp3) is 1.00. The molecule has 0 aromatic rings. The van der Waals surface area contributed by atoms with E-state index < -0.39 is 11.4 Å². The van der Waals surface area contributed by atoms with Gasteiger partial charge in [0.2, 0.25) is 0 Å². The summed E-state index contributed by atoms with van der Waals surface area (Å²) in [6, 6.07) is 0. The molecule has 0 aromatic carbocycles. The van der Waals surface area contributed by atoms with E-state index in [0.717, 1.165) is 62.9 Å². The Kier molecular flexibility index (Phi) is 35.2. The van der Waals surface area contributed by atoms with Gasteiger partial charge in [-0.2, -0.15) is 0 Å². The van der Waals surface area contributed by atoms with Crippen LogP contribution in [-0.2, 0) is 32.7 Å². The predicted octanol–water partition coefficient (Wildman–Crippen LogP) is 7.02. The van der Waals surface area contributed by atoms with Crippen molar-refractivity contribution in [3.63, 3.8) is 0 Å². The van der Waals surface area contributed by atoms with Gasteiger partial charge in [0.05, 0.1) is 13.2 Å². The van der Waals surface area contributed by atoms with E-state index in [0.29, 0.717) is 13.2 Å². The molecular formula is C20H44BaO4P2S4. The van der Waals surface area contributed by atoms with Crippen LogP contribution < -0.4 is 9.79 Å². The van der Waals surface area contributed by atoms with Gasteiger partial charge in [-0.15, -0.1) is 22.8 Å². The summed E-state index contributed by atoms with van der Waals surface area (Å²) in [6.45, 7) is 9.67. The van der Waals surface area contributed by atoms with E-state index in [1.54, 1.807) is 0 Å². The van der Waals surface area contributed by atoms with Crippen LogP contribution >= 0.6 is 34.2 Å². The first-order valence-electron chi connectivity index (χ1n) is 11.4. The number of hydrogen-bond donors (Lipinski definition) is 0. The van der Waals surface area contributed by atoms with Crippen molar-refractivity contribution in [1.82, 2.24) is 0 Å². The van der Waals surface area contributed by atoms with Crippen LogP contribution in [0.1, 0.15) is 105 Å². The molecule has 2 atom stereocenters. The average molecular weight is 676 g/mol. The van der Waals surface area contributed by atoms with Gasteiger partial charge in [0.25, 0.3) is 0 Å². The summed E-state index contributed by atoms with van der Waals surface area (Å²) in [5, 5.41) is 0. The summed E-state index contributed by atoms with van der Waals surface area (Å²) in [5.41, 5.74) is -5.55. The van der Waals surface area contributed by atoms with Crippen molar-refractivity contribution < 1.29 is 18.8 Å². The minimum absolute atomic E-state index is 0. The van der Waals surface area contributed by atoms with Gasteiger partial charge in [0, 0.05) is 11.4 Å². The summed E-state index contributed by atoms with van der Waals surface area (Å²) in [4.78, 5) is 23.4. The van der Waals surface area contributed by atoms with E-state index >= 15 is 0 Å². The second-order valence-electron chi connectivity index (χ2n) is 7.06. The molecule has 0 rings (SSSR count). The van der Waals surface area contributed by atoms with Gasteiger partial charge in [-0.1, -0.05) is 103 Å². The molecule has 4 nitrogen and oxygen atoms in total. The van der Waals surface area contributed by atoms with E-state index in [2.05, 4.69) is 27.7 Å². The first-order chi connectivity index (χ1) is 14.2. The molecule has 0 aliphatic carbocycles. The van der Waals surface area contributed by atoms with Gasteiger partial charge in [-0.3, -0.25) is 0 Å². The van der Waals surface area contributed by atoms with Crippen LogP contribution in [0.2, 0.25) is 0 Å². The maximum absolute atomic E-state index is 11.7. The number of unbranched alkanes of at least 4 members (excludes halogenated alkanes) is 8. The fourth-order valence-corrected chi connectivity index (χ4v) is 8.96. The van der Waals surface area contributed by atoms with E-state index in [4.69, 9.17) is 32.7 Å². The maximum atomic E-state index is 11.7. The van der Waals surface area contributed by atoms with Crippen LogP contribution in [0.3, 0.4) is 0 Å². The number of hydrogen-bond acceptors (Lipinski definition) is 8. The summed E-state index contributed by atoms with van der Waals surface area (Å²) in [7, 11) is 0. The smallest absolute Gasteiger partial charge is 0.793 e. The minimum atomic E-state index is -2.77. The molecule has 0 fully saturated rings. The third-order valence-corrected chi connectivity index (χ3v) is 12.7. The van der Waals surface area contributed by atoms with Gasteiger partial charge in [-0.25, -0.2) is 0 Å². The zero-order chi connectivity index (χ0) is 23.1. The summed E-state index contributed by atoms with van der Waals surface area (Å²) < 4.78 is 10.5. The molecule has 0 heterocycles. The predicted molar refractivity (Wildman–Crippen MR) is 149 cm³/mol. The summed E-state index contributed by atoms with van der Waals surface area (Å²) in [6.07, 6.45) is 13.4. The Balaban J connectivity index is -0.000000490. The Morgan fingerprint density at radius 1 is 0.581 bits per heavy atom. The van der Waals surface area contributed by atoms with Crippen LogP contribution in [0, 0.1) is 0 Å². The second-order valence-corrected chi connectivity index (χ2v) is 19.4. The van der Waals surface area contributed by atoms with Crippen LogP contribution in [0.25, 0.3) is 0 Å². The van der Waals surface area contributed by atoms with Crippen molar-refractivity contribution in [3.05, 3.63) is 0 Å². The van der Waals surface area contributed by atoms with Crippen molar-refractivity contribution in [2.75, 3.05) is 24.7 Å². The fourth-order valence-electron chi connectivity index (χ4n) is 2.19. The maximum Gasteiger partial charge on any atom is 2.00 e. The third-order valence-electron chi connectivity index (χ3n) is 3.99. The molecule has 0 aliphatic rings. The molecule has 11 heteroatoms. The molecule has 0 radical (unpaired) electrons. The Labute approximate surface area is 251 Å². The van der Waals surface area contributed by atoms with Gasteiger partial charge in [-0.05, 0) is 37.2 Å². The van der Waals surface area contributed by atoms with Crippen molar-refractivity contribution in [3.8, 4) is 0 Å². The number of rotatable bonds is 20.